The number of hydrogen-bond donors (Lipinski definition) is 1. The standard InChI is InChI=1S/C14H26N2O/c1-3-16(12-7-5-4-6-8-12)14(17)13-10-15-9-11(13)2/h11-13,15H,3-10H2,1-2H3. The van der Waals surface area contributed by atoms with Crippen LogP contribution in [0.5, 0.6) is 0 Å². The van der Waals surface area contributed by atoms with E-state index in [0.717, 1.165) is 19.6 Å². The first-order valence-corrected chi connectivity index (χ1v) is 7.25. The maximum atomic E-state index is 12.6. The van der Waals surface area contributed by atoms with Crippen molar-refractivity contribution in [2.45, 2.75) is 52.0 Å². The molecule has 1 aliphatic carbocycles. The van der Waals surface area contributed by atoms with Gasteiger partial charge in [0.05, 0.1) is 5.92 Å². The van der Waals surface area contributed by atoms with Gasteiger partial charge in [0.25, 0.3) is 0 Å². The second kappa shape index (κ2) is 5.85. The van der Waals surface area contributed by atoms with Gasteiger partial charge in [0, 0.05) is 19.1 Å². The Kier molecular flexibility index (Phi) is 4.43. The number of nitrogens with zero attached hydrogens (tertiary/aromatic N) is 1. The van der Waals surface area contributed by atoms with E-state index in [1.807, 2.05) is 0 Å². The molecular weight excluding hydrogens is 212 g/mol. The van der Waals surface area contributed by atoms with E-state index in [-0.39, 0.29) is 5.92 Å². The Labute approximate surface area is 105 Å². The van der Waals surface area contributed by atoms with Crippen LogP contribution in [0, 0.1) is 11.8 Å². The summed E-state index contributed by atoms with van der Waals surface area (Å²) in [5.74, 6) is 1.12. The fourth-order valence-corrected chi connectivity index (χ4v) is 3.34. The summed E-state index contributed by atoms with van der Waals surface area (Å²) in [5, 5.41) is 3.34. The maximum Gasteiger partial charge on any atom is 0.227 e. The minimum Gasteiger partial charge on any atom is -0.340 e. The number of amides is 1. The molecule has 1 saturated heterocycles. The van der Waals surface area contributed by atoms with Gasteiger partial charge in [-0.05, 0) is 32.2 Å². The Bertz CT molecular complexity index is 261. The molecule has 0 aromatic heterocycles. The predicted octanol–water partition coefficient (Wildman–Crippen LogP) is 2.02. The van der Waals surface area contributed by atoms with Gasteiger partial charge in [0.2, 0.25) is 5.91 Å². The van der Waals surface area contributed by atoms with E-state index in [1.165, 1.54) is 32.1 Å². The van der Waals surface area contributed by atoms with Crippen LogP contribution < -0.4 is 5.32 Å². The summed E-state index contributed by atoms with van der Waals surface area (Å²) in [6, 6.07) is 0.522. The molecule has 98 valence electrons. The topological polar surface area (TPSA) is 32.3 Å². The lowest BCUT2D eigenvalue weighted by atomic mass is 9.91. The van der Waals surface area contributed by atoms with Crippen LogP contribution in [0.3, 0.4) is 0 Å². The highest BCUT2D eigenvalue weighted by Gasteiger charge is 2.35. The Morgan fingerprint density at radius 1 is 1.24 bits per heavy atom. The lowest BCUT2D eigenvalue weighted by Gasteiger charge is -2.35. The molecule has 17 heavy (non-hydrogen) atoms. The predicted molar refractivity (Wildman–Crippen MR) is 69.8 cm³/mol. The van der Waals surface area contributed by atoms with Crippen LogP contribution in [0.15, 0.2) is 0 Å². The van der Waals surface area contributed by atoms with Crippen molar-refractivity contribution < 1.29 is 4.79 Å². The first-order chi connectivity index (χ1) is 8.24. The van der Waals surface area contributed by atoms with Gasteiger partial charge in [-0.15, -0.1) is 0 Å². The van der Waals surface area contributed by atoms with Crippen molar-refractivity contribution >= 4 is 5.91 Å². The van der Waals surface area contributed by atoms with Crippen molar-refractivity contribution in [3.8, 4) is 0 Å². The molecule has 0 radical (unpaired) electrons. The number of carbonyl (C=O) groups is 1. The van der Waals surface area contributed by atoms with E-state index in [4.69, 9.17) is 0 Å². The summed E-state index contributed by atoms with van der Waals surface area (Å²) in [4.78, 5) is 14.7. The van der Waals surface area contributed by atoms with Crippen LogP contribution in [0.25, 0.3) is 0 Å². The molecule has 3 nitrogen and oxygen atoms in total. The summed E-state index contributed by atoms with van der Waals surface area (Å²) in [6.45, 7) is 7.07. The molecule has 0 aromatic rings. The SMILES string of the molecule is CCN(C(=O)C1CNCC1C)C1CCCCC1. The minimum absolute atomic E-state index is 0.219. The molecule has 1 aliphatic heterocycles. The average Bonchev–Trinajstić information content (AvgIpc) is 2.77. The molecule has 0 bridgehead atoms. The van der Waals surface area contributed by atoms with Crippen molar-refractivity contribution in [1.29, 1.82) is 0 Å². The number of carbonyl (C=O) groups excluding carboxylic acids is 1. The van der Waals surface area contributed by atoms with Crippen molar-refractivity contribution in [2.75, 3.05) is 19.6 Å². The molecular formula is C14H26N2O. The fraction of sp³-hybridized carbons (Fsp3) is 0.929. The van der Waals surface area contributed by atoms with Crippen molar-refractivity contribution in [2.24, 2.45) is 11.8 Å². The minimum atomic E-state index is 0.219. The fourth-order valence-electron chi connectivity index (χ4n) is 3.34. The van der Waals surface area contributed by atoms with Gasteiger partial charge in [-0.25, -0.2) is 0 Å². The van der Waals surface area contributed by atoms with E-state index < -0.39 is 0 Å². The molecule has 0 aromatic carbocycles. The van der Waals surface area contributed by atoms with Crippen LogP contribution in [0.2, 0.25) is 0 Å². The van der Waals surface area contributed by atoms with Gasteiger partial charge < -0.3 is 10.2 Å². The summed E-state index contributed by atoms with van der Waals surface area (Å²) in [7, 11) is 0. The highest BCUT2D eigenvalue weighted by Crippen LogP contribution is 2.26. The molecule has 1 amide bonds. The molecule has 1 N–H and O–H groups in total. The van der Waals surface area contributed by atoms with E-state index in [0.29, 0.717) is 17.9 Å². The Morgan fingerprint density at radius 3 is 2.47 bits per heavy atom. The Morgan fingerprint density at radius 2 is 1.94 bits per heavy atom. The molecule has 2 unspecified atom stereocenters. The summed E-state index contributed by atoms with van der Waals surface area (Å²) in [6.07, 6.45) is 6.38. The summed E-state index contributed by atoms with van der Waals surface area (Å²) < 4.78 is 0. The zero-order chi connectivity index (χ0) is 12.3. The zero-order valence-corrected chi connectivity index (χ0v) is 11.2. The largest absolute Gasteiger partial charge is 0.340 e. The summed E-state index contributed by atoms with van der Waals surface area (Å²) >= 11 is 0. The van der Waals surface area contributed by atoms with Crippen molar-refractivity contribution in [3.63, 3.8) is 0 Å². The maximum absolute atomic E-state index is 12.6. The average molecular weight is 238 g/mol. The highest BCUT2D eigenvalue weighted by atomic mass is 16.2. The number of hydrogen-bond acceptors (Lipinski definition) is 2. The lowest BCUT2D eigenvalue weighted by molar-refractivity contribution is -0.138. The highest BCUT2D eigenvalue weighted by molar-refractivity contribution is 5.80. The zero-order valence-electron chi connectivity index (χ0n) is 11.2. The monoisotopic (exact) mass is 238 g/mol. The normalized spacial score (nSPS) is 30.5. The van der Waals surface area contributed by atoms with Crippen LogP contribution in [-0.2, 0) is 4.79 Å². The second-order valence-electron chi connectivity index (χ2n) is 5.66. The van der Waals surface area contributed by atoms with Gasteiger partial charge in [0.1, 0.15) is 0 Å². The molecule has 0 spiro atoms. The van der Waals surface area contributed by atoms with Gasteiger partial charge in [0.15, 0.2) is 0 Å². The molecule has 1 heterocycles. The quantitative estimate of drug-likeness (QED) is 0.816. The molecule has 2 aliphatic rings. The van der Waals surface area contributed by atoms with Gasteiger partial charge in [-0.2, -0.15) is 0 Å². The van der Waals surface area contributed by atoms with Gasteiger partial charge in [-0.1, -0.05) is 26.2 Å². The molecule has 2 atom stereocenters. The van der Waals surface area contributed by atoms with E-state index in [9.17, 15) is 4.79 Å². The Hall–Kier alpha value is -0.570. The van der Waals surface area contributed by atoms with Crippen molar-refractivity contribution in [1.82, 2.24) is 10.2 Å². The van der Waals surface area contributed by atoms with Gasteiger partial charge >= 0.3 is 0 Å². The molecule has 1 saturated carbocycles. The van der Waals surface area contributed by atoms with Gasteiger partial charge in [-0.3, -0.25) is 4.79 Å². The first-order valence-electron chi connectivity index (χ1n) is 7.25. The van der Waals surface area contributed by atoms with E-state index in [2.05, 4.69) is 24.1 Å². The van der Waals surface area contributed by atoms with Crippen LogP contribution in [-0.4, -0.2) is 36.5 Å². The third-order valence-electron chi connectivity index (χ3n) is 4.47. The smallest absolute Gasteiger partial charge is 0.227 e. The molecule has 2 fully saturated rings. The third kappa shape index (κ3) is 2.82. The number of rotatable bonds is 3. The lowest BCUT2D eigenvalue weighted by Crippen LogP contribution is -2.45. The first kappa shape index (κ1) is 12.9. The van der Waals surface area contributed by atoms with E-state index >= 15 is 0 Å². The van der Waals surface area contributed by atoms with Crippen LogP contribution in [0.4, 0.5) is 0 Å². The van der Waals surface area contributed by atoms with E-state index in [1.54, 1.807) is 0 Å². The van der Waals surface area contributed by atoms with Crippen LogP contribution in [0.1, 0.15) is 46.0 Å². The molecule has 3 heteroatoms. The van der Waals surface area contributed by atoms with Crippen LogP contribution >= 0.6 is 0 Å². The molecule has 2 rings (SSSR count). The number of nitrogens with one attached hydrogen (secondary N) is 1. The summed E-state index contributed by atoms with van der Waals surface area (Å²) in [5.41, 5.74) is 0. The second-order valence-corrected chi connectivity index (χ2v) is 5.66. The Balaban J connectivity index is 1.98. The third-order valence-corrected chi connectivity index (χ3v) is 4.47. The van der Waals surface area contributed by atoms with Crippen molar-refractivity contribution in [3.05, 3.63) is 0 Å².